The molecule has 2 heterocycles. The minimum atomic E-state index is 0.746. The Morgan fingerprint density at radius 2 is 1.67 bits per heavy atom. The van der Waals surface area contributed by atoms with Gasteiger partial charge in [0.15, 0.2) is 0 Å². The number of hydrogen-bond acceptors (Lipinski definition) is 2. The average Bonchev–Trinajstić information content (AvgIpc) is 3.06. The summed E-state index contributed by atoms with van der Waals surface area (Å²) in [5.74, 6) is 0. The molecule has 0 saturated heterocycles. The highest BCUT2D eigenvalue weighted by Crippen LogP contribution is 2.41. The predicted octanol–water partition coefficient (Wildman–Crippen LogP) is 6.39. The minimum absolute atomic E-state index is 0.746. The first-order chi connectivity index (χ1) is 13.2. The Balaban J connectivity index is 1.96. The fourth-order valence-corrected chi connectivity index (χ4v) is 4.05. The number of fused-ring (bicyclic) bond motifs is 3. The van der Waals surface area contributed by atoms with Crippen molar-refractivity contribution in [2.75, 3.05) is 5.73 Å². The molecule has 3 N–H and O–H groups in total. The Bertz CT molecular complexity index is 1290. The third-order valence-electron chi connectivity index (χ3n) is 4.84. The van der Waals surface area contributed by atoms with Crippen LogP contribution in [-0.4, -0.2) is 9.97 Å². The molecule has 2 aromatic heterocycles. The molecule has 0 bridgehead atoms. The van der Waals surface area contributed by atoms with E-state index in [1.165, 1.54) is 0 Å². The highest BCUT2D eigenvalue weighted by Gasteiger charge is 2.17. The SMILES string of the molecule is Nc1ccc2[nH]c3ncc(-c4cccc(Br)c4)c(-c4ccccc4)c3c2c1. The van der Waals surface area contributed by atoms with Crippen LogP contribution in [0.3, 0.4) is 0 Å². The van der Waals surface area contributed by atoms with Crippen LogP contribution in [-0.2, 0) is 0 Å². The van der Waals surface area contributed by atoms with Gasteiger partial charge < -0.3 is 10.7 Å². The van der Waals surface area contributed by atoms with E-state index in [0.717, 1.165) is 54.4 Å². The van der Waals surface area contributed by atoms with Gasteiger partial charge in [0.05, 0.1) is 0 Å². The van der Waals surface area contributed by atoms with Gasteiger partial charge in [0.2, 0.25) is 0 Å². The molecule has 0 aliphatic rings. The molecule has 0 aliphatic carbocycles. The van der Waals surface area contributed by atoms with Gasteiger partial charge in [-0.25, -0.2) is 4.98 Å². The highest BCUT2D eigenvalue weighted by molar-refractivity contribution is 9.10. The predicted molar refractivity (Wildman–Crippen MR) is 117 cm³/mol. The molecule has 5 rings (SSSR count). The van der Waals surface area contributed by atoms with E-state index in [0.29, 0.717) is 0 Å². The van der Waals surface area contributed by atoms with Gasteiger partial charge in [-0.2, -0.15) is 0 Å². The van der Waals surface area contributed by atoms with Crippen molar-refractivity contribution >= 4 is 43.6 Å². The van der Waals surface area contributed by atoms with Gasteiger partial charge in [-0.3, -0.25) is 0 Å². The van der Waals surface area contributed by atoms with Crippen LogP contribution in [0.15, 0.2) is 83.5 Å². The zero-order valence-corrected chi connectivity index (χ0v) is 16.0. The number of nitrogen functional groups attached to an aromatic ring is 1. The smallest absolute Gasteiger partial charge is 0.138 e. The summed E-state index contributed by atoms with van der Waals surface area (Å²) in [4.78, 5) is 8.16. The summed E-state index contributed by atoms with van der Waals surface area (Å²) in [6.45, 7) is 0. The third-order valence-corrected chi connectivity index (χ3v) is 5.34. The number of H-pyrrole nitrogens is 1. The molecule has 3 aromatic carbocycles. The highest BCUT2D eigenvalue weighted by atomic mass is 79.9. The quantitative estimate of drug-likeness (QED) is 0.329. The first-order valence-corrected chi connectivity index (χ1v) is 9.51. The number of benzene rings is 3. The first kappa shape index (κ1) is 16.1. The molecule has 27 heavy (non-hydrogen) atoms. The largest absolute Gasteiger partial charge is 0.399 e. The van der Waals surface area contributed by atoms with Crippen molar-refractivity contribution in [2.45, 2.75) is 0 Å². The normalized spacial score (nSPS) is 11.3. The molecule has 3 nitrogen and oxygen atoms in total. The average molecular weight is 414 g/mol. The molecule has 0 unspecified atom stereocenters. The van der Waals surface area contributed by atoms with E-state index >= 15 is 0 Å². The van der Waals surface area contributed by atoms with E-state index in [-0.39, 0.29) is 0 Å². The van der Waals surface area contributed by atoms with Crippen LogP contribution < -0.4 is 5.73 Å². The number of aromatic nitrogens is 2. The van der Waals surface area contributed by atoms with Crippen LogP contribution in [0.25, 0.3) is 44.2 Å². The second kappa shape index (κ2) is 6.25. The molecule has 0 saturated carbocycles. The van der Waals surface area contributed by atoms with Crippen molar-refractivity contribution in [3.8, 4) is 22.3 Å². The van der Waals surface area contributed by atoms with Gasteiger partial charge in [0, 0.05) is 43.8 Å². The van der Waals surface area contributed by atoms with Crippen LogP contribution in [0.5, 0.6) is 0 Å². The van der Waals surface area contributed by atoms with Gasteiger partial charge in [-0.1, -0.05) is 58.4 Å². The summed E-state index contributed by atoms with van der Waals surface area (Å²) < 4.78 is 1.04. The molecule has 0 atom stereocenters. The van der Waals surface area contributed by atoms with E-state index in [1.807, 2.05) is 42.6 Å². The number of hydrogen-bond donors (Lipinski definition) is 2. The van der Waals surface area contributed by atoms with Crippen molar-refractivity contribution in [2.24, 2.45) is 0 Å². The van der Waals surface area contributed by atoms with Crippen LogP contribution in [0.2, 0.25) is 0 Å². The first-order valence-electron chi connectivity index (χ1n) is 8.72. The topological polar surface area (TPSA) is 54.7 Å². The van der Waals surface area contributed by atoms with E-state index < -0.39 is 0 Å². The van der Waals surface area contributed by atoms with Crippen LogP contribution in [0, 0.1) is 0 Å². The van der Waals surface area contributed by atoms with Gasteiger partial charge >= 0.3 is 0 Å². The van der Waals surface area contributed by atoms with Crippen molar-refractivity contribution < 1.29 is 0 Å². The summed E-state index contributed by atoms with van der Waals surface area (Å²) in [5.41, 5.74) is 13.3. The number of nitrogens with one attached hydrogen (secondary N) is 1. The fraction of sp³-hybridized carbons (Fsp3) is 0. The second-order valence-electron chi connectivity index (χ2n) is 6.58. The number of anilines is 1. The molecule has 5 aromatic rings. The number of nitrogens with two attached hydrogens (primary N) is 1. The Hall–Kier alpha value is -3.11. The van der Waals surface area contributed by atoms with Crippen LogP contribution in [0.1, 0.15) is 0 Å². The zero-order chi connectivity index (χ0) is 18.4. The van der Waals surface area contributed by atoms with E-state index in [9.17, 15) is 0 Å². The number of pyridine rings is 1. The van der Waals surface area contributed by atoms with Gasteiger partial charge in [0.1, 0.15) is 5.65 Å². The van der Waals surface area contributed by atoms with Crippen LogP contribution in [0.4, 0.5) is 5.69 Å². The molecule has 0 fully saturated rings. The molecule has 0 aliphatic heterocycles. The summed E-state index contributed by atoms with van der Waals surface area (Å²) in [7, 11) is 0. The van der Waals surface area contributed by atoms with Gasteiger partial charge in [-0.05, 0) is 41.5 Å². The molecule has 4 heteroatoms. The lowest BCUT2D eigenvalue weighted by molar-refractivity contribution is 1.34. The molecule has 0 spiro atoms. The zero-order valence-electron chi connectivity index (χ0n) is 14.4. The van der Waals surface area contributed by atoms with Crippen LogP contribution >= 0.6 is 15.9 Å². The second-order valence-corrected chi connectivity index (χ2v) is 7.49. The summed E-state index contributed by atoms with van der Waals surface area (Å²) in [6, 6.07) is 24.7. The lowest BCUT2D eigenvalue weighted by Crippen LogP contribution is -1.90. The number of rotatable bonds is 2. The summed E-state index contributed by atoms with van der Waals surface area (Å²) in [6.07, 6.45) is 1.95. The Morgan fingerprint density at radius 1 is 0.852 bits per heavy atom. The molecular formula is C23H16BrN3. The molecule has 130 valence electrons. The molecule has 0 radical (unpaired) electrons. The summed E-state index contributed by atoms with van der Waals surface area (Å²) in [5, 5.41) is 2.19. The molecule has 0 amide bonds. The minimum Gasteiger partial charge on any atom is -0.399 e. The van der Waals surface area contributed by atoms with E-state index in [1.54, 1.807) is 0 Å². The fourth-order valence-electron chi connectivity index (χ4n) is 3.65. The van der Waals surface area contributed by atoms with E-state index in [4.69, 9.17) is 10.7 Å². The maximum Gasteiger partial charge on any atom is 0.138 e. The van der Waals surface area contributed by atoms with Crippen molar-refractivity contribution in [3.63, 3.8) is 0 Å². The van der Waals surface area contributed by atoms with Gasteiger partial charge in [-0.15, -0.1) is 0 Å². The Morgan fingerprint density at radius 3 is 2.48 bits per heavy atom. The number of aromatic amines is 1. The third kappa shape index (κ3) is 2.69. The lowest BCUT2D eigenvalue weighted by Gasteiger charge is -2.12. The van der Waals surface area contributed by atoms with Crippen molar-refractivity contribution in [1.29, 1.82) is 0 Å². The lowest BCUT2D eigenvalue weighted by atomic mass is 9.93. The Labute approximate surface area is 165 Å². The van der Waals surface area contributed by atoms with Crippen molar-refractivity contribution in [1.82, 2.24) is 9.97 Å². The maximum atomic E-state index is 6.09. The summed E-state index contributed by atoms with van der Waals surface area (Å²) >= 11 is 3.59. The molecular weight excluding hydrogens is 398 g/mol. The Kier molecular flexibility index (Phi) is 3.73. The van der Waals surface area contributed by atoms with Gasteiger partial charge in [0.25, 0.3) is 0 Å². The van der Waals surface area contributed by atoms with Crippen molar-refractivity contribution in [3.05, 3.63) is 83.5 Å². The van der Waals surface area contributed by atoms with E-state index in [2.05, 4.69) is 57.3 Å². The monoisotopic (exact) mass is 413 g/mol. The maximum absolute atomic E-state index is 6.09. The number of halogens is 1. The number of nitrogens with zero attached hydrogens (tertiary/aromatic N) is 1. The standard InChI is InChI=1S/C23H16BrN3/c24-16-8-4-7-15(11-16)19-13-26-23-22(21(19)14-5-2-1-3-6-14)18-12-17(25)9-10-20(18)27-23/h1-13H,25H2,(H,26,27).